The summed E-state index contributed by atoms with van der Waals surface area (Å²) in [4.78, 5) is 26.5. The van der Waals surface area contributed by atoms with Gasteiger partial charge in [-0.05, 0) is 204 Å². The topological polar surface area (TPSA) is 201 Å². The predicted molar refractivity (Wildman–Crippen MR) is 289 cm³/mol. The van der Waals surface area contributed by atoms with Gasteiger partial charge in [0.25, 0.3) is 0 Å². The third kappa shape index (κ3) is 10.6. The zero-order chi connectivity index (χ0) is 54.4. The molecule has 0 amide bonds. The highest BCUT2D eigenvalue weighted by Gasteiger charge is 2.56. The van der Waals surface area contributed by atoms with E-state index in [4.69, 9.17) is 23.7 Å². The van der Waals surface area contributed by atoms with Gasteiger partial charge in [-0.15, -0.1) is 4.33 Å². The first-order valence-corrected chi connectivity index (χ1v) is 27.4. The number of aryl methyl sites for hydroxylation is 1. The number of fused-ring (bicyclic) bond motifs is 4. The van der Waals surface area contributed by atoms with E-state index < -0.39 is 21.2 Å². The van der Waals surface area contributed by atoms with E-state index >= 15 is 0 Å². The van der Waals surface area contributed by atoms with Crippen LogP contribution in [0, 0.1) is 6.92 Å². The number of rotatable bonds is 17. The molecule has 0 aliphatic heterocycles. The maximum atomic E-state index is 13.7. The molecule has 392 valence electrons. The van der Waals surface area contributed by atoms with Gasteiger partial charge in [-0.1, -0.05) is 50.9 Å². The molecule has 0 heterocycles. The van der Waals surface area contributed by atoms with Crippen LogP contribution in [0.5, 0.6) is 46.0 Å². The Morgan fingerprint density at radius 1 is 0.532 bits per heavy atom. The summed E-state index contributed by atoms with van der Waals surface area (Å²) in [5.41, 5.74) is 6.57. The molecular formula is C60H50O14S3. The van der Waals surface area contributed by atoms with Crippen LogP contribution in [0.1, 0.15) is 100 Å². The van der Waals surface area contributed by atoms with Crippen molar-refractivity contribution in [1.29, 1.82) is 0 Å². The second-order valence-corrected chi connectivity index (χ2v) is 23.6. The summed E-state index contributed by atoms with van der Waals surface area (Å²) in [7, 11) is -4.20. The zero-order valence-electron chi connectivity index (χ0n) is 42.1. The fraction of sp³-hybridized carbons (Fsp3) is 0.167. The van der Waals surface area contributed by atoms with Gasteiger partial charge in [-0.25, -0.2) is 13.7 Å². The lowest BCUT2D eigenvalue weighted by Gasteiger charge is -2.30. The smallest absolute Gasteiger partial charge is 0.357 e. The van der Waals surface area contributed by atoms with Crippen molar-refractivity contribution < 1.29 is 64.9 Å². The van der Waals surface area contributed by atoms with Crippen LogP contribution >= 0.6 is 12.0 Å². The second kappa shape index (κ2) is 20.7. The van der Waals surface area contributed by atoms with Gasteiger partial charge in [0.1, 0.15) is 46.0 Å². The molecule has 3 N–H and O–H groups in total. The average Bonchev–Trinajstić information content (AvgIpc) is 3.78. The maximum Gasteiger partial charge on any atom is 0.357 e. The van der Waals surface area contributed by atoms with Gasteiger partial charge in [0.2, 0.25) is 9.84 Å². The molecule has 17 heteroatoms. The molecule has 0 fully saturated rings. The lowest BCUT2D eigenvalue weighted by molar-refractivity contribution is -0.432. The first-order chi connectivity index (χ1) is 36.7. The molecule has 8 aromatic rings. The number of benzene rings is 8. The lowest BCUT2D eigenvalue weighted by Crippen LogP contribution is -2.27. The first kappa shape index (κ1) is 52.8. The maximum absolute atomic E-state index is 13.7. The summed E-state index contributed by atoms with van der Waals surface area (Å²) in [6.07, 6.45) is 1.77. The molecule has 2 atom stereocenters. The summed E-state index contributed by atoms with van der Waals surface area (Å²) in [5, 5.41) is 22.3. The molecule has 0 bridgehead atoms. The van der Waals surface area contributed by atoms with Crippen molar-refractivity contribution in [2.24, 2.45) is 0 Å². The van der Waals surface area contributed by atoms with Crippen molar-refractivity contribution in [2.75, 3.05) is 0 Å². The van der Waals surface area contributed by atoms with E-state index in [-0.39, 0.29) is 59.7 Å². The van der Waals surface area contributed by atoms with E-state index in [0.29, 0.717) is 68.6 Å². The Labute approximate surface area is 451 Å². The van der Waals surface area contributed by atoms with Crippen LogP contribution in [0.2, 0.25) is 0 Å². The average molecular weight is 1090 g/mol. The van der Waals surface area contributed by atoms with Crippen LogP contribution in [0.25, 0.3) is 0 Å². The molecule has 1 spiro atoms. The van der Waals surface area contributed by atoms with Crippen LogP contribution in [0.4, 0.5) is 0 Å². The third-order valence-corrected chi connectivity index (χ3v) is 16.8. The number of hydrogen-bond donors (Lipinski definition) is 3. The predicted octanol–water partition coefficient (Wildman–Crippen LogP) is 14.0. The lowest BCUT2D eigenvalue weighted by atomic mass is 9.72. The molecule has 0 radical (unpaired) electrons. The standard InChI is InChI=1S/C60H50O14S3/c1-36-6-25-47(32-54(36)72-76(65)66)77(67,68)48-26-29-53(55(33-48)75-74-73-64)71-44-21-13-40(14-22-44)57(63)39-11-19-43(20-12-39)70-46-24-28-50-52(31-46)60(35-59(50,4)5)34-58(2,3)49-27-23-45(30-51(49)60)69-42-17-9-38(10-18-42)56(62)37-7-15-41(61)16-8-37/h6-33,61,64H,34-35H2,1-5H3,(H,65,66). The molecule has 2 aliphatic rings. The quantitative estimate of drug-likeness (QED) is 0.0255. The molecule has 10 rings (SSSR count). The molecule has 0 saturated carbocycles. The summed E-state index contributed by atoms with van der Waals surface area (Å²) in [5.74, 6) is 2.54. The summed E-state index contributed by atoms with van der Waals surface area (Å²) >= 11 is -2.20. The highest BCUT2D eigenvalue weighted by atomic mass is 32.2. The number of phenolic OH excluding ortho intramolecular Hbond substituents is 1. The summed E-state index contributed by atoms with van der Waals surface area (Å²) < 4.78 is 76.3. The van der Waals surface area contributed by atoms with Crippen LogP contribution in [-0.4, -0.2) is 39.1 Å². The molecule has 8 aromatic carbocycles. The molecule has 0 saturated heterocycles. The number of sulfone groups is 1. The molecular weight excluding hydrogens is 1040 g/mol. The zero-order valence-corrected chi connectivity index (χ0v) is 44.6. The minimum Gasteiger partial charge on any atom is -0.508 e. The molecule has 0 aromatic heterocycles. The van der Waals surface area contributed by atoms with Crippen molar-refractivity contribution in [3.8, 4) is 46.0 Å². The highest BCUT2D eigenvalue weighted by Crippen LogP contribution is 2.63. The van der Waals surface area contributed by atoms with E-state index in [0.717, 1.165) is 18.9 Å². The largest absolute Gasteiger partial charge is 0.508 e. The van der Waals surface area contributed by atoms with Crippen LogP contribution in [-0.2, 0) is 46.8 Å². The number of aromatic hydroxyl groups is 1. The van der Waals surface area contributed by atoms with E-state index in [1.807, 2.05) is 12.1 Å². The van der Waals surface area contributed by atoms with Crippen molar-refractivity contribution in [3.63, 3.8) is 0 Å². The fourth-order valence-corrected chi connectivity index (χ4v) is 12.9. The van der Waals surface area contributed by atoms with E-state index in [9.17, 15) is 31.9 Å². The second-order valence-electron chi connectivity index (χ2n) is 20.3. The number of carbonyl (C=O) groups excluding carboxylic acids is 2. The minimum absolute atomic E-state index is 0.0919. The molecule has 2 aliphatic carbocycles. The molecule has 2 unspecified atom stereocenters. The fourth-order valence-electron chi connectivity index (χ4n) is 10.7. The summed E-state index contributed by atoms with van der Waals surface area (Å²) in [6, 6.07) is 47.0. The van der Waals surface area contributed by atoms with Gasteiger partial charge in [-0.3, -0.25) is 14.1 Å². The highest BCUT2D eigenvalue weighted by molar-refractivity contribution is 7.94. The number of ether oxygens (including phenoxy) is 3. The SMILES string of the molecule is Cc1ccc(S(=O)(=O)c2ccc(Oc3ccc(C(=O)c4ccc(Oc5ccc6c(c5)C5(CC(C)(C)c7ccc(Oc8ccc(C(=O)c9ccc(O)cc9)cc8)cc75)CC6(C)C)cc4)cc3)c(SOOO)c2)cc1OS(=O)O. The summed E-state index contributed by atoms with van der Waals surface area (Å²) in [6.45, 7) is 10.7. The number of hydrogen-bond acceptors (Lipinski definition) is 14. The van der Waals surface area contributed by atoms with Gasteiger partial charge in [-0.2, -0.15) is 4.21 Å². The van der Waals surface area contributed by atoms with Gasteiger partial charge >= 0.3 is 11.4 Å². The van der Waals surface area contributed by atoms with Gasteiger partial charge in [0.05, 0.1) is 26.7 Å². The van der Waals surface area contributed by atoms with Gasteiger partial charge in [0, 0.05) is 33.7 Å². The Bertz CT molecular complexity index is 3720. The first-order valence-electron chi connectivity index (χ1n) is 24.2. The van der Waals surface area contributed by atoms with Crippen molar-refractivity contribution >= 4 is 44.8 Å². The Kier molecular flexibility index (Phi) is 14.2. The van der Waals surface area contributed by atoms with Crippen LogP contribution in [0.15, 0.2) is 185 Å². The van der Waals surface area contributed by atoms with Crippen molar-refractivity contribution in [3.05, 3.63) is 220 Å². The Morgan fingerprint density at radius 2 is 0.961 bits per heavy atom. The van der Waals surface area contributed by atoms with E-state index in [1.165, 1.54) is 64.7 Å². The monoisotopic (exact) mass is 1090 g/mol. The Balaban J connectivity index is 0.833. The Hall–Kier alpha value is -7.61. The van der Waals surface area contributed by atoms with Gasteiger partial charge in [0.15, 0.2) is 11.6 Å². The van der Waals surface area contributed by atoms with Gasteiger partial charge < -0.3 is 23.5 Å². The normalized spacial score (nSPS) is 16.3. The minimum atomic E-state index is -4.20. The number of phenols is 1. The number of carbonyl (C=O) groups is 2. The Morgan fingerprint density at radius 3 is 1.43 bits per heavy atom. The van der Waals surface area contributed by atoms with Crippen LogP contribution < -0.4 is 18.4 Å². The third-order valence-electron chi connectivity index (χ3n) is 14.1. The van der Waals surface area contributed by atoms with E-state index in [1.54, 1.807) is 91.9 Å². The van der Waals surface area contributed by atoms with E-state index in [2.05, 4.69) is 61.3 Å². The van der Waals surface area contributed by atoms with Crippen molar-refractivity contribution in [2.45, 2.75) is 78.4 Å². The molecule has 77 heavy (non-hydrogen) atoms. The van der Waals surface area contributed by atoms with Crippen molar-refractivity contribution in [1.82, 2.24) is 0 Å². The van der Waals surface area contributed by atoms with Crippen LogP contribution in [0.3, 0.4) is 0 Å². The molecule has 14 nitrogen and oxygen atoms in total. The number of ketones is 2.